The first-order chi connectivity index (χ1) is 10.7. The van der Waals surface area contributed by atoms with E-state index in [2.05, 4.69) is 0 Å². The van der Waals surface area contributed by atoms with Gasteiger partial charge in [-0.1, -0.05) is 43.3 Å². The second-order valence-corrected chi connectivity index (χ2v) is 5.91. The van der Waals surface area contributed by atoms with E-state index in [1.807, 2.05) is 54.3 Å². The molecule has 0 aliphatic carbocycles. The van der Waals surface area contributed by atoms with E-state index in [0.29, 0.717) is 25.3 Å². The van der Waals surface area contributed by atoms with Crippen LogP contribution in [0.2, 0.25) is 0 Å². The van der Waals surface area contributed by atoms with E-state index in [9.17, 15) is 9.59 Å². The van der Waals surface area contributed by atoms with Crippen molar-refractivity contribution in [1.29, 1.82) is 0 Å². The fourth-order valence-corrected chi connectivity index (χ4v) is 3.28. The fraction of sp³-hybridized carbons (Fsp3) is 0.368. The van der Waals surface area contributed by atoms with Crippen LogP contribution in [-0.2, 0) is 4.79 Å². The highest BCUT2D eigenvalue weighted by atomic mass is 16.2. The van der Waals surface area contributed by atoms with Gasteiger partial charge in [-0.2, -0.15) is 0 Å². The Morgan fingerprint density at radius 1 is 1.05 bits per heavy atom. The number of ketones is 1. The average molecular weight is 295 g/mol. The van der Waals surface area contributed by atoms with Crippen LogP contribution in [0.1, 0.15) is 36.5 Å². The largest absolute Gasteiger partial charge is 0.339 e. The van der Waals surface area contributed by atoms with Crippen LogP contribution < -0.4 is 0 Å². The Kier molecular flexibility index (Phi) is 4.23. The van der Waals surface area contributed by atoms with Gasteiger partial charge in [-0.15, -0.1) is 0 Å². The fourth-order valence-electron chi connectivity index (χ4n) is 3.28. The molecule has 2 aromatic rings. The van der Waals surface area contributed by atoms with Crippen molar-refractivity contribution in [2.45, 2.75) is 26.2 Å². The van der Waals surface area contributed by atoms with Crippen LogP contribution in [-0.4, -0.2) is 29.7 Å². The Bertz CT molecular complexity index is 694. The summed E-state index contributed by atoms with van der Waals surface area (Å²) in [7, 11) is 0. The molecule has 3 nitrogen and oxygen atoms in total. The number of carbonyl (C=O) groups excluding carboxylic acids is 2. The quantitative estimate of drug-likeness (QED) is 0.866. The van der Waals surface area contributed by atoms with Gasteiger partial charge in [0.2, 0.25) is 0 Å². The Morgan fingerprint density at radius 2 is 1.73 bits per heavy atom. The van der Waals surface area contributed by atoms with Crippen molar-refractivity contribution in [3.8, 4) is 0 Å². The lowest BCUT2D eigenvalue weighted by atomic mass is 9.91. The monoisotopic (exact) mass is 295 g/mol. The molecule has 0 aromatic heterocycles. The van der Waals surface area contributed by atoms with Gasteiger partial charge in [0.15, 0.2) is 0 Å². The number of rotatable bonds is 3. The second kappa shape index (κ2) is 6.30. The van der Waals surface area contributed by atoms with Crippen molar-refractivity contribution in [3.63, 3.8) is 0 Å². The number of likely N-dealkylation sites (tertiary alicyclic amines) is 1. The molecule has 1 fully saturated rings. The lowest BCUT2D eigenvalue weighted by molar-refractivity contribution is -0.123. The van der Waals surface area contributed by atoms with E-state index >= 15 is 0 Å². The van der Waals surface area contributed by atoms with Gasteiger partial charge in [-0.3, -0.25) is 9.59 Å². The predicted molar refractivity (Wildman–Crippen MR) is 87.9 cm³/mol. The van der Waals surface area contributed by atoms with Gasteiger partial charge < -0.3 is 4.90 Å². The standard InChI is InChI=1S/C19H21NO2/c1-2-18(21)15-10-12-20(13-11-15)19(22)17-9-5-7-14-6-3-4-8-16(14)17/h3-9,15H,2,10-13H2,1H3. The maximum atomic E-state index is 12.8. The summed E-state index contributed by atoms with van der Waals surface area (Å²) in [5, 5.41) is 2.09. The molecule has 3 rings (SSSR count). The number of benzene rings is 2. The van der Waals surface area contributed by atoms with E-state index in [1.54, 1.807) is 0 Å². The van der Waals surface area contributed by atoms with Gasteiger partial charge in [0.05, 0.1) is 0 Å². The van der Waals surface area contributed by atoms with Gasteiger partial charge in [0.25, 0.3) is 5.91 Å². The number of amides is 1. The number of Topliss-reactive ketones (excluding diaryl/α,β-unsaturated/α-hetero) is 1. The third kappa shape index (κ3) is 2.76. The lowest BCUT2D eigenvalue weighted by Crippen LogP contribution is -2.40. The van der Waals surface area contributed by atoms with Gasteiger partial charge in [0, 0.05) is 31.0 Å². The molecule has 0 bridgehead atoms. The van der Waals surface area contributed by atoms with Gasteiger partial charge in [-0.25, -0.2) is 0 Å². The first-order valence-electron chi connectivity index (χ1n) is 8.00. The summed E-state index contributed by atoms with van der Waals surface area (Å²) in [5.74, 6) is 0.554. The SMILES string of the molecule is CCC(=O)C1CCN(C(=O)c2cccc3ccccc23)CC1. The molecule has 0 atom stereocenters. The number of piperidine rings is 1. The smallest absolute Gasteiger partial charge is 0.254 e. The van der Waals surface area contributed by atoms with Crippen molar-refractivity contribution in [1.82, 2.24) is 4.90 Å². The van der Waals surface area contributed by atoms with Crippen LogP contribution in [0.25, 0.3) is 10.8 Å². The van der Waals surface area contributed by atoms with Crippen molar-refractivity contribution in [2.24, 2.45) is 5.92 Å². The molecule has 1 aliphatic rings. The minimum atomic E-state index is 0.0826. The molecular formula is C19H21NO2. The van der Waals surface area contributed by atoms with Crippen LogP contribution in [0.5, 0.6) is 0 Å². The first-order valence-corrected chi connectivity index (χ1v) is 8.00. The number of hydrogen-bond donors (Lipinski definition) is 0. The van der Waals surface area contributed by atoms with E-state index in [0.717, 1.165) is 29.2 Å². The number of nitrogens with zero attached hydrogens (tertiary/aromatic N) is 1. The molecule has 1 saturated heterocycles. The minimum Gasteiger partial charge on any atom is -0.339 e. The molecule has 3 heteroatoms. The molecule has 0 saturated carbocycles. The van der Waals surface area contributed by atoms with Crippen LogP contribution in [0.4, 0.5) is 0 Å². The molecule has 0 radical (unpaired) electrons. The third-order valence-corrected chi connectivity index (χ3v) is 4.61. The van der Waals surface area contributed by atoms with Crippen LogP contribution in [0, 0.1) is 5.92 Å². The Balaban J connectivity index is 1.78. The summed E-state index contributed by atoms with van der Waals surface area (Å²) in [6.45, 7) is 3.27. The summed E-state index contributed by atoms with van der Waals surface area (Å²) in [6.07, 6.45) is 2.19. The zero-order valence-electron chi connectivity index (χ0n) is 12.9. The summed E-state index contributed by atoms with van der Waals surface area (Å²) >= 11 is 0. The highest BCUT2D eigenvalue weighted by Crippen LogP contribution is 2.24. The topological polar surface area (TPSA) is 37.4 Å². The van der Waals surface area contributed by atoms with E-state index in [-0.39, 0.29) is 11.8 Å². The molecule has 0 N–H and O–H groups in total. The van der Waals surface area contributed by atoms with Crippen molar-refractivity contribution < 1.29 is 9.59 Å². The van der Waals surface area contributed by atoms with Gasteiger partial charge >= 0.3 is 0 Å². The number of fused-ring (bicyclic) bond motifs is 1. The average Bonchev–Trinajstić information content (AvgIpc) is 2.60. The zero-order valence-corrected chi connectivity index (χ0v) is 12.9. The molecule has 1 aliphatic heterocycles. The maximum Gasteiger partial charge on any atom is 0.254 e. The predicted octanol–water partition coefficient (Wildman–Crippen LogP) is 3.67. The third-order valence-electron chi connectivity index (χ3n) is 4.61. The number of carbonyl (C=O) groups is 2. The summed E-state index contributed by atoms with van der Waals surface area (Å²) < 4.78 is 0. The van der Waals surface area contributed by atoms with Crippen molar-refractivity contribution >= 4 is 22.5 Å². The van der Waals surface area contributed by atoms with Crippen molar-refractivity contribution in [3.05, 3.63) is 48.0 Å². The second-order valence-electron chi connectivity index (χ2n) is 5.91. The molecule has 114 valence electrons. The maximum absolute atomic E-state index is 12.8. The number of hydrogen-bond acceptors (Lipinski definition) is 2. The Morgan fingerprint density at radius 3 is 2.45 bits per heavy atom. The molecule has 1 amide bonds. The van der Waals surface area contributed by atoms with Crippen LogP contribution in [0.15, 0.2) is 42.5 Å². The van der Waals surface area contributed by atoms with Gasteiger partial charge in [0.1, 0.15) is 5.78 Å². The van der Waals surface area contributed by atoms with E-state index in [4.69, 9.17) is 0 Å². The molecule has 22 heavy (non-hydrogen) atoms. The van der Waals surface area contributed by atoms with Crippen LogP contribution >= 0.6 is 0 Å². The Hall–Kier alpha value is -2.16. The normalized spacial score (nSPS) is 16.0. The summed E-state index contributed by atoms with van der Waals surface area (Å²) in [6, 6.07) is 13.8. The summed E-state index contributed by atoms with van der Waals surface area (Å²) in [4.78, 5) is 26.5. The van der Waals surface area contributed by atoms with Crippen molar-refractivity contribution in [2.75, 3.05) is 13.1 Å². The first kappa shape index (κ1) is 14.8. The van der Waals surface area contributed by atoms with E-state index < -0.39 is 0 Å². The molecular weight excluding hydrogens is 274 g/mol. The molecule has 1 heterocycles. The Labute approximate surface area is 130 Å². The molecule has 2 aromatic carbocycles. The summed E-state index contributed by atoms with van der Waals surface area (Å²) in [5.41, 5.74) is 0.762. The molecule has 0 spiro atoms. The van der Waals surface area contributed by atoms with Gasteiger partial charge in [-0.05, 0) is 29.7 Å². The highest BCUT2D eigenvalue weighted by molar-refractivity contribution is 6.07. The zero-order chi connectivity index (χ0) is 15.5. The van der Waals surface area contributed by atoms with E-state index in [1.165, 1.54) is 0 Å². The lowest BCUT2D eigenvalue weighted by Gasteiger charge is -2.31. The molecule has 0 unspecified atom stereocenters. The highest BCUT2D eigenvalue weighted by Gasteiger charge is 2.27. The minimum absolute atomic E-state index is 0.0826. The van der Waals surface area contributed by atoms with Crippen LogP contribution in [0.3, 0.4) is 0 Å².